The Balaban J connectivity index is 1.24. The smallest absolute Gasteiger partial charge is 0.321 e. The number of nitrogens with one attached hydrogen (secondary N) is 2. The van der Waals surface area contributed by atoms with E-state index in [1.165, 1.54) is 37.5 Å². The molecule has 0 atom stereocenters. The molecule has 5 aliphatic rings. The standard InChI is InChI=1S/C20H23N3O5S/c24-17(11-23-18(25)15-3-1-2-4-16(15)29(23,27)28)21-19(26)22-20-8-12-5-13(9-20)7-14(6-12)10-20/h1-4,12-14H,5-11H2,(H2,21,22,24,26). The second-order valence-corrected chi connectivity index (χ2v) is 10.8. The van der Waals surface area contributed by atoms with Gasteiger partial charge in [0, 0.05) is 5.54 Å². The van der Waals surface area contributed by atoms with Gasteiger partial charge in [-0.1, -0.05) is 12.1 Å². The first-order valence-corrected chi connectivity index (χ1v) is 11.5. The number of fused-ring (bicyclic) bond motifs is 1. The van der Waals surface area contributed by atoms with Gasteiger partial charge in [-0.05, 0) is 68.4 Å². The van der Waals surface area contributed by atoms with Gasteiger partial charge >= 0.3 is 6.03 Å². The van der Waals surface area contributed by atoms with E-state index in [0.717, 1.165) is 19.3 Å². The fourth-order valence-electron chi connectivity index (χ4n) is 6.22. The monoisotopic (exact) mass is 417 g/mol. The van der Waals surface area contributed by atoms with Crippen molar-refractivity contribution in [2.24, 2.45) is 17.8 Å². The Morgan fingerprint density at radius 2 is 1.62 bits per heavy atom. The fraction of sp³-hybridized carbons (Fsp3) is 0.550. The molecule has 29 heavy (non-hydrogen) atoms. The van der Waals surface area contributed by atoms with E-state index in [4.69, 9.17) is 0 Å². The third kappa shape index (κ3) is 3.02. The second-order valence-electron chi connectivity index (χ2n) is 9.01. The van der Waals surface area contributed by atoms with Crippen molar-refractivity contribution in [1.82, 2.24) is 14.9 Å². The molecule has 0 radical (unpaired) electrons. The molecule has 154 valence electrons. The highest BCUT2D eigenvalue weighted by Gasteiger charge is 2.51. The number of benzene rings is 1. The molecule has 4 aliphatic carbocycles. The maximum atomic E-state index is 12.5. The van der Waals surface area contributed by atoms with Crippen LogP contribution in [0.15, 0.2) is 29.2 Å². The topological polar surface area (TPSA) is 113 Å². The first-order chi connectivity index (χ1) is 13.8. The predicted octanol–water partition coefficient (Wildman–Crippen LogP) is 1.63. The summed E-state index contributed by atoms with van der Waals surface area (Å²) in [6, 6.07) is 5.21. The molecule has 0 spiro atoms. The maximum Gasteiger partial charge on any atom is 0.321 e. The number of carbonyl (C=O) groups excluding carboxylic acids is 3. The van der Waals surface area contributed by atoms with Gasteiger partial charge in [-0.2, -0.15) is 0 Å². The number of hydrogen-bond donors (Lipinski definition) is 2. The summed E-state index contributed by atoms with van der Waals surface area (Å²) in [5, 5.41) is 5.23. The lowest BCUT2D eigenvalue weighted by molar-refractivity contribution is -0.120. The van der Waals surface area contributed by atoms with Gasteiger partial charge in [0.2, 0.25) is 5.91 Å². The first kappa shape index (κ1) is 18.6. The van der Waals surface area contributed by atoms with E-state index in [-0.39, 0.29) is 16.0 Å². The molecule has 1 aliphatic heterocycles. The van der Waals surface area contributed by atoms with E-state index in [0.29, 0.717) is 22.1 Å². The van der Waals surface area contributed by atoms with Crippen LogP contribution in [0.2, 0.25) is 0 Å². The number of amides is 4. The van der Waals surface area contributed by atoms with Crippen LogP contribution < -0.4 is 10.6 Å². The Morgan fingerprint density at radius 1 is 1.03 bits per heavy atom. The van der Waals surface area contributed by atoms with Crippen LogP contribution in [0.3, 0.4) is 0 Å². The van der Waals surface area contributed by atoms with Gasteiger partial charge in [0.05, 0.1) is 5.56 Å². The Kier molecular flexibility index (Phi) is 4.03. The SMILES string of the molecule is O=C(CN1C(=O)c2ccccc2S1(=O)=O)NC(=O)NC12CC3CC(CC(C3)C1)C2. The molecule has 4 fully saturated rings. The minimum absolute atomic E-state index is 0.0401. The molecular formula is C20H23N3O5S. The zero-order valence-electron chi connectivity index (χ0n) is 15.9. The number of carbonyl (C=O) groups is 3. The van der Waals surface area contributed by atoms with E-state index in [1.807, 2.05) is 0 Å². The summed E-state index contributed by atoms with van der Waals surface area (Å²) in [6.07, 6.45) is 6.52. The number of urea groups is 1. The van der Waals surface area contributed by atoms with Gasteiger partial charge in [-0.25, -0.2) is 17.5 Å². The van der Waals surface area contributed by atoms with Crippen LogP contribution in [-0.4, -0.2) is 42.7 Å². The molecule has 0 unspecified atom stereocenters. The average Bonchev–Trinajstić information content (AvgIpc) is 2.81. The number of rotatable bonds is 3. The second kappa shape index (κ2) is 6.29. The molecule has 0 saturated heterocycles. The van der Waals surface area contributed by atoms with E-state index in [2.05, 4.69) is 10.6 Å². The zero-order chi connectivity index (χ0) is 20.4. The predicted molar refractivity (Wildman–Crippen MR) is 102 cm³/mol. The van der Waals surface area contributed by atoms with Crippen molar-refractivity contribution in [2.75, 3.05) is 6.54 Å². The fourth-order valence-corrected chi connectivity index (χ4v) is 7.74. The molecule has 0 aromatic heterocycles. The van der Waals surface area contributed by atoms with Crippen LogP contribution in [0.5, 0.6) is 0 Å². The van der Waals surface area contributed by atoms with Crippen molar-refractivity contribution >= 4 is 27.9 Å². The Labute approximate surface area is 169 Å². The molecule has 1 aromatic carbocycles. The van der Waals surface area contributed by atoms with Gasteiger partial charge in [0.25, 0.3) is 15.9 Å². The van der Waals surface area contributed by atoms with Crippen molar-refractivity contribution in [2.45, 2.75) is 49.0 Å². The first-order valence-electron chi connectivity index (χ1n) is 10.0. The van der Waals surface area contributed by atoms with Crippen molar-refractivity contribution in [1.29, 1.82) is 0 Å². The molecule has 6 rings (SSSR count). The van der Waals surface area contributed by atoms with Gasteiger partial charge in [0.15, 0.2) is 0 Å². The summed E-state index contributed by atoms with van der Waals surface area (Å²) in [6.45, 7) is -0.718. The Bertz CT molecular complexity index is 983. The quantitative estimate of drug-likeness (QED) is 0.776. The van der Waals surface area contributed by atoms with Crippen molar-refractivity contribution in [3.63, 3.8) is 0 Å². The summed E-state index contributed by atoms with van der Waals surface area (Å²) in [4.78, 5) is 37.1. The van der Waals surface area contributed by atoms with Gasteiger partial charge in [0.1, 0.15) is 11.4 Å². The zero-order valence-corrected chi connectivity index (χ0v) is 16.7. The molecule has 2 N–H and O–H groups in total. The minimum atomic E-state index is -4.08. The lowest BCUT2D eigenvalue weighted by atomic mass is 9.53. The number of imide groups is 1. The number of hydrogen-bond acceptors (Lipinski definition) is 5. The van der Waals surface area contributed by atoms with E-state index in [9.17, 15) is 22.8 Å². The maximum absolute atomic E-state index is 12.5. The minimum Gasteiger partial charge on any atom is -0.332 e. The Hall–Kier alpha value is -2.42. The number of sulfonamides is 1. The van der Waals surface area contributed by atoms with Crippen LogP contribution in [0, 0.1) is 17.8 Å². The molecule has 4 bridgehead atoms. The highest BCUT2D eigenvalue weighted by molar-refractivity contribution is 7.90. The molecule has 4 amide bonds. The molecule has 8 nitrogen and oxygen atoms in total. The van der Waals surface area contributed by atoms with E-state index < -0.39 is 34.4 Å². The third-order valence-electron chi connectivity index (χ3n) is 6.87. The summed E-state index contributed by atoms with van der Waals surface area (Å²) in [5.41, 5.74) is -0.219. The molecule has 1 heterocycles. The highest BCUT2D eigenvalue weighted by Crippen LogP contribution is 2.55. The average molecular weight is 417 g/mol. The van der Waals surface area contributed by atoms with Gasteiger partial charge < -0.3 is 5.32 Å². The van der Waals surface area contributed by atoms with Crippen molar-refractivity contribution in [3.05, 3.63) is 29.8 Å². The van der Waals surface area contributed by atoms with Crippen LogP contribution in [0.1, 0.15) is 48.9 Å². The molecule has 9 heteroatoms. The molecule has 1 aromatic rings. The lowest BCUT2D eigenvalue weighted by Crippen LogP contribution is -2.62. The molecule has 4 saturated carbocycles. The van der Waals surface area contributed by atoms with Crippen LogP contribution in [0.4, 0.5) is 4.79 Å². The Morgan fingerprint density at radius 3 is 2.21 bits per heavy atom. The van der Waals surface area contributed by atoms with Crippen molar-refractivity contribution < 1.29 is 22.8 Å². The van der Waals surface area contributed by atoms with E-state index >= 15 is 0 Å². The highest BCUT2D eigenvalue weighted by atomic mass is 32.2. The lowest BCUT2D eigenvalue weighted by Gasteiger charge is -2.56. The van der Waals surface area contributed by atoms with Gasteiger partial charge in [-0.3, -0.25) is 14.9 Å². The summed E-state index contributed by atoms with van der Waals surface area (Å²) < 4.78 is 25.6. The normalized spacial score (nSPS) is 33.4. The van der Waals surface area contributed by atoms with Crippen molar-refractivity contribution in [3.8, 4) is 0 Å². The summed E-state index contributed by atoms with van der Waals surface area (Å²) >= 11 is 0. The third-order valence-corrected chi connectivity index (χ3v) is 8.66. The van der Waals surface area contributed by atoms with Gasteiger partial charge in [-0.15, -0.1) is 0 Å². The number of nitrogens with zero attached hydrogens (tertiary/aromatic N) is 1. The molecular weight excluding hydrogens is 394 g/mol. The largest absolute Gasteiger partial charge is 0.332 e. The summed E-state index contributed by atoms with van der Waals surface area (Å²) in [7, 11) is -4.08. The van der Waals surface area contributed by atoms with Crippen LogP contribution >= 0.6 is 0 Å². The van der Waals surface area contributed by atoms with E-state index in [1.54, 1.807) is 6.07 Å². The van der Waals surface area contributed by atoms with Crippen LogP contribution in [0.25, 0.3) is 0 Å². The van der Waals surface area contributed by atoms with Crippen LogP contribution in [-0.2, 0) is 14.8 Å². The summed E-state index contributed by atoms with van der Waals surface area (Å²) in [5.74, 6) is 0.351.